The molecule has 1 aliphatic heterocycles. The second-order valence-electron chi connectivity index (χ2n) is 6.17. The lowest BCUT2D eigenvalue weighted by atomic mass is 10.1. The lowest BCUT2D eigenvalue weighted by molar-refractivity contribution is -0.119. The Balaban J connectivity index is 1.49. The third-order valence-electron chi connectivity index (χ3n) is 4.03. The van der Waals surface area contributed by atoms with Crippen LogP contribution in [0, 0.1) is 6.92 Å². The molecule has 1 amide bonds. The number of carbonyl (C=O) groups excluding carboxylic acids is 1. The summed E-state index contributed by atoms with van der Waals surface area (Å²) in [5.74, 6) is 2.84. The summed E-state index contributed by atoms with van der Waals surface area (Å²) in [5.41, 5.74) is 3.51. The molecule has 5 heteroatoms. The third kappa shape index (κ3) is 4.92. The molecule has 0 spiro atoms. The van der Waals surface area contributed by atoms with Gasteiger partial charge in [0.25, 0.3) is 0 Å². The highest BCUT2D eigenvalue weighted by Crippen LogP contribution is 2.32. The van der Waals surface area contributed by atoms with E-state index in [9.17, 15) is 4.79 Å². The molecule has 1 heterocycles. The monoisotopic (exact) mass is 357 g/mol. The fraction of sp³-hybridized carbons (Fsp3) is 0.350. The van der Waals surface area contributed by atoms with Crippen LogP contribution in [0.4, 0.5) is 0 Å². The molecular weight excluding hydrogens is 334 g/mol. The number of amides is 1. The molecule has 4 nitrogen and oxygen atoms in total. The van der Waals surface area contributed by atoms with Crippen molar-refractivity contribution in [2.75, 3.05) is 19.0 Å². The van der Waals surface area contributed by atoms with Gasteiger partial charge in [0.15, 0.2) is 11.5 Å². The van der Waals surface area contributed by atoms with Gasteiger partial charge in [-0.25, -0.2) is 0 Å². The summed E-state index contributed by atoms with van der Waals surface area (Å²) in [4.78, 5) is 12.2. The van der Waals surface area contributed by atoms with Gasteiger partial charge in [0.05, 0.1) is 11.8 Å². The summed E-state index contributed by atoms with van der Waals surface area (Å²) in [5, 5.41) is 3.04. The van der Waals surface area contributed by atoms with Crippen molar-refractivity contribution in [1.82, 2.24) is 5.32 Å². The van der Waals surface area contributed by atoms with Gasteiger partial charge in [0.2, 0.25) is 5.91 Å². The smallest absolute Gasteiger partial charge is 0.230 e. The Bertz CT molecular complexity index is 747. The van der Waals surface area contributed by atoms with Crippen molar-refractivity contribution in [2.45, 2.75) is 25.6 Å². The molecule has 1 aliphatic rings. The first kappa shape index (κ1) is 17.7. The van der Waals surface area contributed by atoms with Gasteiger partial charge < -0.3 is 14.8 Å². The average Bonchev–Trinajstić information content (AvgIpc) is 2.61. The van der Waals surface area contributed by atoms with E-state index < -0.39 is 0 Å². The van der Waals surface area contributed by atoms with E-state index in [4.69, 9.17) is 9.47 Å². The number of hydrogen-bond acceptors (Lipinski definition) is 4. The van der Waals surface area contributed by atoms with Crippen molar-refractivity contribution >= 4 is 17.7 Å². The zero-order valence-corrected chi connectivity index (χ0v) is 15.4. The number of rotatable bonds is 6. The van der Waals surface area contributed by atoms with Crippen LogP contribution in [0.5, 0.6) is 11.5 Å². The van der Waals surface area contributed by atoms with Crippen LogP contribution in [0.25, 0.3) is 0 Å². The van der Waals surface area contributed by atoms with Crippen molar-refractivity contribution in [2.24, 2.45) is 0 Å². The van der Waals surface area contributed by atoms with Crippen molar-refractivity contribution in [3.63, 3.8) is 0 Å². The minimum absolute atomic E-state index is 0.0417. The summed E-state index contributed by atoms with van der Waals surface area (Å²) in [6.45, 7) is 5.20. The second-order valence-corrected chi connectivity index (χ2v) is 7.16. The SMILES string of the molecule is Cc1cccc(CSCC(=O)N[C@H](C)c2ccc3c(c2)OCCO3)c1. The molecule has 2 aromatic carbocycles. The molecule has 0 saturated heterocycles. The quantitative estimate of drug-likeness (QED) is 0.852. The lowest BCUT2D eigenvalue weighted by Gasteiger charge is -2.21. The van der Waals surface area contributed by atoms with Crippen LogP contribution < -0.4 is 14.8 Å². The van der Waals surface area contributed by atoms with Gasteiger partial charge in [-0.1, -0.05) is 35.9 Å². The molecule has 2 aromatic rings. The maximum absolute atomic E-state index is 12.2. The van der Waals surface area contributed by atoms with Gasteiger partial charge in [0, 0.05) is 5.75 Å². The summed E-state index contributed by atoms with van der Waals surface area (Å²) in [6, 6.07) is 14.1. The molecule has 0 unspecified atom stereocenters. The molecule has 0 aromatic heterocycles. The van der Waals surface area contributed by atoms with E-state index >= 15 is 0 Å². The van der Waals surface area contributed by atoms with Crippen molar-refractivity contribution in [3.8, 4) is 11.5 Å². The highest BCUT2D eigenvalue weighted by molar-refractivity contribution is 7.99. The number of hydrogen-bond donors (Lipinski definition) is 1. The molecule has 3 rings (SSSR count). The van der Waals surface area contributed by atoms with Crippen molar-refractivity contribution in [3.05, 3.63) is 59.2 Å². The van der Waals surface area contributed by atoms with E-state index in [0.29, 0.717) is 19.0 Å². The summed E-state index contributed by atoms with van der Waals surface area (Å²) >= 11 is 1.63. The average molecular weight is 357 g/mol. The number of aryl methyl sites for hydroxylation is 1. The summed E-state index contributed by atoms with van der Waals surface area (Å²) in [6.07, 6.45) is 0. The van der Waals surface area contributed by atoms with Crippen molar-refractivity contribution in [1.29, 1.82) is 0 Å². The van der Waals surface area contributed by atoms with Crippen molar-refractivity contribution < 1.29 is 14.3 Å². The van der Waals surface area contributed by atoms with Crippen LogP contribution in [0.3, 0.4) is 0 Å². The third-order valence-corrected chi connectivity index (χ3v) is 5.03. The van der Waals surface area contributed by atoms with Crippen LogP contribution >= 0.6 is 11.8 Å². The Hall–Kier alpha value is -2.14. The standard InChI is InChI=1S/C20H23NO3S/c1-14-4-3-5-16(10-14)12-25-13-20(22)21-15(2)17-6-7-18-19(11-17)24-9-8-23-18/h3-7,10-11,15H,8-9,12-13H2,1-2H3,(H,21,22)/t15-/m1/s1. The van der Waals surface area contributed by atoms with E-state index in [1.165, 1.54) is 11.1 Å². The van der Waals surface area contributed by atoms with E-state index in [1.807, 2.05) is 25.1 Å². The molecule has 132 valence electrons. The first-order valence-electron chi connectivity index (χ1n) is 8.44. The first-order chi connectivity index (χ1) is 12.1. The van der Waals surface area contributed by atoms with E-state index in [-0.39, 0.29) is 11.9 Å². The Morgan fingerprint density at radius 2 is 1.96 bits per heavy atom. The van der Waals surface area contributed by atoms with Crippen LogP contribution in [0.1, 0.15) is 29.7 Å². The molecule has 25 heavy (non-hydrogen) atoms. The minimum atomic E-state index is -0.0668. The largest absolute Gasteiger partial charge is 0.486 e. The van der Waals surface area contributed by atoms with Gasteiger partial charge in [-0.3, -0.25) is 4.79 Å². The molecule has 0 bridgehead atoms. The van der Waals surface area contributed by atoms with E-state index in [0.717, 1.165) is 22.8 Å². The molecule has 0 fully saturated rings. The molecular formula is C20H23NO3S. The Morgan fingerprint density at radius 1 is 1.16 bits per heavy atom. The maximum Gasteiger partial charge on any atom is 0.230 e. The lowest BCUT2D eigenvalue weighted by Crippen LogP contribution is -2.28. The van der Waals surface area contributed by atoms with Gasteiger partial charge in [0.1, 0.15) is 13.2 Å². The predicted molar refractivity (Wildman–Crippen MR) is 101 cm³/mol. The number of nitrogens with one attached hydrogen (secondary N) is 1. The first-order valence-corrected chi connectivity index (χ1v) is 9.59. The van der Waals surface area contributed by atoms with Gasteiger partial charge in [-0.2, -0.15) is 0 Å². The molecule has 1 atom stereocenters. The zero-order chi connectivity index (χ0) is 17.6. The fourth-order valence-electron chi connectivity index (χ4n) is 2.76. The topological polar surface area (TPSA) is 47.6 Å². The van der Waals surface area contributed by atoms with Crippen LogP contribution in [-0.4, -0.2) is 24.9 Å². The van der Waals surface area contributed by atoms with Crippen LogP contribution in [-0.2, 0) is 10.5 Å². The normalized spacial score (nSPS) is 14.0. The predicted octanol–water partition coefficient (Wildman–Crippen LogP) is 3.88. The van der Waals surface area contributed by atoms with Gasteiger partial charge >= 0.3 is 0 Å². The minimum Gasteiger partial charge on any atom is -0.486 e. The summed E-state index contributed by atoms with van der Waals surface area (Å²) in [7, 11) is 0. The van der Waals surface area contributed by atoms with E-state index in [1.54, 1.807) is 11.8 Å². The highest BCUT2D eigenvalue weighted by atomic mass is 32.2. The van der Waals surface area contributed by atoms with Crippen LogP contribution in [0.2, 0.25) is 0 Å². The molecule has 0 saturated carbocycles. The number of benzene rings is 2. The number of thioether (sulfide) groups is 1. The highest BCUT2D eigenvalue weighted by Gasteiger charge is 2.15. The molecule has 1 N–H and O–H groups in total. The fourth-order valence-corrected chi connectivity index (χ4v) is 3.55. The van der Waals surface area contributed by atoms with Gasteiger partial charge in [-0.05, 0) is 37.1 Å². The Labute approximate surface area is 152 Å². The number of fused-ring (bicyclic) bond motifs is 1. The second kappa shape index (κ2) is 8.30. The van der Waals surface area contributed by atoms with E-state index in [2.05, 4.69) is 36.5 Å². The number of ether oxygens (including phenoxy) is 2. The molecule has 0 aliphatic carbocycles. The Kier molecular flexibility index (Phi) is 5.87. The molecule has 0 radical (unpaired) electrons. The zero-order valence-electron chi connectivity index (χ0n) is 14.6. The van der Waals surface area contributed by atoms with Gasteiger partial charge in [-0.15, -0.1) is 11.8 Å². The summed E-state index contributed by atoms with van der Waals surface area (Å²) < 4.78 is 11.1. The Morgan fingerprint density at radius 3 is 2.76 bits per heavy atom. The number of carbonyl (C=O) groups is 1. The van der Waals surface area contributed by atoms with Crippen LogP contribution in [0.15, 0.2) is 42.5 Å². The maximum atomic E-state index is 12.2.